The molecule has 8 heteroatoms. The van der Waals surface area contributed by atoms with Gasteiger partial charge >= 0.3 is 5.63 Å². The Morgan fingerprint density at radius 1 is 0.974 bits per heavy atom. The van der Waals surface area contributed by atoms with Crippen LogP contribution < -0.4 is 15.1 Å². The van der Waals surface area contributed by atoms with Crippen molar-refractivity contribution in [3.05, 3.63) is 112 Å². The Morgan fingerprint density at radius 2 is 1.76 bits per heavy atom. The fourth-order valence-electron chi connectivity index (χ4n) is 5.12. The molecule has 1 aliphatic heterocycles. The molecule has 0 aliphatic carbocycles. The average Bonchev–Trinajstić information content (AvgIpc) is 3.37. The van der Waals surface area contributed by atoms with Crippen LogP contribution in [0.25, 0.3) is 28.0 Å². The van der Waals surface area contributed by atoms with Gasteiger partial charge in [0.1, 0.15) is 17.7 Å². The minimum atomic E-state index is -0.546. The van der Waals surface area contributed by atoms with Gasteiger partial charge in [0.2, 0.25) is 5.88 Å². The Balaban J connectivity index is 1.52. The molecule has 186 valence electrons. The highest BCUT2D eigenvalue weighted by Crippen LogP contribution is 2.49. The quantitative estimate of drug-likeness (QED) is 0.277. The molecule has 38 heavy (non-hydrogen) atoms. The normalized spacial score (nSPS) is 14.2. The lowest BCUT2D eigenvalue weighted by Crippen LogP contribution is -2.22. The molecule has 0 N–H and O–H groups in total. The molecule has 0 radical (unpaired) electrons. The first-order valence-corrected chi connectivity index (χ1v) is 12.4. The third-order valence-electron chi connectivity index (χ3n) is 6.87. The molecule has 1 unspecified atom stereocenters. The number of fused-ring (bicyclic) bond motifs is 6. The van der Waals surface area contributed by atoms with Crippen LogP contribution in [-0.2, 0) is 0 Å². The van der Waals surface area contributed by atoms with Crippen molar-refractivity contribution < 1.29 is 13.9 Å². The molecule has 0 fully saturated rings. The average molecular weight is 503 g/mol. The van der Waals surface area contributed by atoms with Crippen molar-refractivity contribution in [2.45, 2.75) is 19.8 Å². The third kappa shape index (κ3) is 3.37. The van der Waals surface area contributed by atoms with E-state index in [2.05, 4.69) is 4.98 Å². The van der Waals surface area contributed by atoms with Crippen molar-refractivity contribution in [3.8, 4) is 28.8 Å². The highest BCUT2D eigenvalue weighted by Gasteiger charge is 2.37. The number of hydrogen-bond donors (Lipinski definition) is 0. The summed E-state index contributed by atoms with van der Waals surface area (Å²) in [5.41, 5.74) is 4.43. The Hall–Kier alpha value is -4.98. The molecular formula is C30H22N4O4. The largest absolute Gasteiger partial charge is 0.494 e. The zero-order chi connectivity index (χ0) is 25.8. The maximum absolute atomic E-state index is 13.5. The van der Waals surface area contributed by atoms with Gasteiger partial charge in [0, 0.05) is 5.56 Å². The molecule has 3 aromatic heterocycles. The van der Waals surface area contributed by atoms with Gasteiger partial charge < -0.3 is 13.9 Å². The molecule has 1 atom stereocenters. The van der Waals surface area contributed by atoms with E-state index in [1.165, 1.54) is 0 Å². The van der Waals surface area contributed by atoms with Crippen LogP contribution in [-0.4, -0.2) is 26.2 Å². The van der Waals surface area contributed by atoms with Crippen LogP contribution in [0.5, 0.6) is 17.4 Å². The van der Waals surface area contributed by atoms with E-state index in [1.807, 2.05) is 80.6 Å². The van der Waals surface area contributed by atoms with Gasteiger partial charge in [0.15, 0.2) is 17.2 Å². The molecule has 6 aromatic rings. The summed E-state index contributed by atoms with van der Waals surface area (Å²) in [6, 6.07) is 23.0. The fraction of sp³-hybridized carbons (Fsp3) is 0.133. The Morgan fingerprint density at radius 3 is 2.58 bits per heavy atom. The Bertz CT molecular complexity index is 1910. The summed E-state index contributed by atoms with van der Waals surface area (Å²) < 4.78 is 19.4. The van der Waals surface area contributed by atoms with Crippen molar-refractivity contribution in [3.63, 3.8) is 0 Å². The van der Waals surface area contributed by atoms with Crippen LogP contribution >= 0.6 is 0 Å². The number of rotatable bonds is 4. The van der Waals surface area contributed by atoms with Crippen LogP contribution in [0, 0.1) is 6.92 Å². The van der Waals surface area contributed by atoms with E-state index in [0.717, 1.165) is 22.4 Å². The van der Waals surface area contributed by atoms with Crippen molar-refractivity contribution >= 4 is 16.6 Å². The van der Waals surface area contributed by atoms with Crippen molar-refractivity contribution in [1.29, 1.82) is 0 Å². The number of aromatic nitrogens is 4. The lowest BCUT2D eigenvalue weighted by molar-refractivity contribution is 0.340. The van der Waals surface area contributed by atoms with Crippen LogP contribution in [0.15, 0.2) is 88.3 Å². The van der Waals surface area contributed by atoms with E-state index in [1.54, 1.807) is 16.9 Å². The molecule has 0 spiro atoms. The van der Waals surface area contributed by atoms with Gasteiger partial charge in [-0.1, -0.05) is 48.5 Å². The molecule has 0 saturated heterocycles. The fourth-order valence-corrected chi connectivity index (χ4v) is 5.12. The number of ether oxygens (including phenoxy) is 2. The highest BCUT2D eigenvalue weighted by molar-refractivity contribution is 5.87. The van der Waals surface area contributed by atoms with Gasteiger partial charge in [-0.15, -0.1) is 5.10 Å². The summed E-state index contributed by atoms with van der Waals surface area (Å²) >= 11 is 0. The molecular weight excluding hydrogens is 480 g/mol. The van der Waals surface area contributed by atoms with Gasteiger partial charge in [0.25, 0.3) is 0 Å². The Labute approximate surface area is 217 Å². The van der Waals surface area contributed by atoms with E-state index in [4.69, 9.17) is 24.0 Å². The summed E-state index contributed by atoms with van der Waals surface area (Å²) in [7, 11) is 0. The lowest BCUT2D eigenvalue weighted by atomic mass is 9.84. The van der Waals surface area contributed by atoms with Crippen molar-refractivity contribution in [2.75, 3.05) is 6.61 Å². The summed E-state index contributed by atoms with van der Waals surface area (Å²) in [6.45, 7) is 4.52. The van der Waals surface area contributed by atoms with E-state index in [0.29, 0.717) is 51.8 Å². The minimum absolute atomic E-state index is 0.378. The number of nitrogens with zero attached hydrogens (tertiary/aromatic N) is 4. The number of benzene rings is 3. The summed E-state index contributed by atoms with van der Waals surface area (Å²) in [5, 5.41) is 5.41. The zero-order valence-electron chi connectivity index (χ0n) is 20.7. The molecule has 4 heterocycles. The number of hydrogen-bond acceptors (Lipinski definition) is 7. The van der Waals surface area contributed by atoms with Gasteiger partial charge in [-0.3, -0.25) is 0 Å². The summed E-state index contributed by atoms with van der Waals surface area (Å²) in [6.07, 6.45) is 1.59. The smallest absolute Gasteiger partial charge is 0.344 e. The standard InChI is InChI=1S/C30H22N4O4/c1-3-36-19-14-12-18(13-15-19)23-24-26(21-10-6-7-11-22(21)37-30(24)35)38-29-25(23)28-32-27(33-34(28)16-31-29)20-9-5-4-8-17(20)2/h4-16,23H,3H2,1-2H3. The van der Waals surface area contributed by atoms with Gasteiger partial charge in [0.05, 0.1) is 29.0 Å². The molecule has 1 aliphatic rings. The SMILES string of the molecule is CCOc1ccc(C2c3c(c4ccccc4oc3=O)Oc3ncn4nc(-c5ccccc5C)nc4c32)cc1. The first-order chi connectivity index (χ1) is 18.6. The van der Waals surface area contributed by atoms with E-state index < -0.39 is 11.5 Å². The predicted octanol–water partition coefficient (Wildman–Crippen LogP) is 5.89. The monoisotopic (exact) mass is 502 g/mol. The second-order valence-corrected chi connectivity index (χ2v) is 9.15. The number of aryl methyl sites for hydroxylation is 1. The van der Waals surface area contributed by atoms with Crippen molar-refractivity contribution in [1.82, 2.24) is 19.6 Å². The summed E-state index contributed by atoms with van der Waals surface area (Å²) in [4.78, 5) is 23.0. The van der Waals surface area contributed by atoms with E-state index in [9.17, 15) is 4.79 Å². The first kappa shape index (κ1) is 22.2. The molecule has 7 rings (SSSR count). The van der Waals surface area contributed by atoms with Crippen LogP contribution in [0.4, 0.5) is 0 Å². The molecule has 0 bridgehead atoms. The minimum Gasteiger partial charge on any atom is -0.494 e. The van der Waals surface area contributed by atoms with Crippen LogP contribution in [0.3, 0.4) is 0 Å². The second kappa shape index (κ2) is 8.55. The van der Waals surface area contributed by atoms with Gasteiger partial charge in [-0.25, -0.2) is 19.3 Å². The molecule has 8 nitrogen and oxygen atoms in total. The predicted molar refractivity (Wildman–Crippen MR) is 142 cm³/mol. The Kier molecular flexibility index (Phi) is 5.00. The number of para-hydroxylation sites is 1. The lowest BCUT2D eigenvalue weighted by Gasteiger charge is -2.27. The van der Waals surface area contributed by atoms with Gasteiger partial charge in [-0.05, 0) is 49.2 Å². The van der Waals surface area contributed by atoms with E-state index in [-0.39, 0.29) is 0 Å². The maximum atomic E-state index is 13.5. The van der Waals surface area contributed by atoms with E-state index >= 15 is 0 Å². The topological polar surface area (TPSA) is 91.8 Å². The van der Waals surface area contributed by atoms with Gasteiger partial charge in [-0.2, -0.15) is 0 Å². The summed E-state index contributed by atoms with van der Waals surface area (Å²) in [5.74, 6) is 1.59. The second-order valence-electron chi connectivity index (χ2n) is 9.15. The maximum Gasteiger partial charge on any atom is 0.344 e. The molecule has 0 amide bonds. The highest BCUT2D eigenvalue weighted by atomic mass is 16.5. The third-order valence-corrected chi connectivity index (χ3v) is 6.87. The molecule has 3 aromatic carbocycles. The first-order valence-electron chi connectivity index (χ1n) is 12.4. The van der Waals surface area contributed by atoms with Crippen LogP contribution in [0.2, 0.25) is 0 Å². The molecule has 0 saturated carbocycles. The van der Waals surface area contributed by atoms with Crippen LogP contribution in [0.1, 0.15) is 35.1 Å². The van der Waals surface area contributed by atoms with Crippen molar-refractivity contribution in [2.24, 2.45) is 0 Å². The zero-order valence-corrected chi connectivity index (χ0v) is 20.7.